The van der Waals surface area contributed by atoms with Crippen LogP contribution in [0.4, 0.5) is 0 Å². The summed E-state index contributed by atoms with van der Waals surface area (Å²) in [6, 6.07) is 9.68. The minimum absolute atomic E-state index is 0. The van der Waals surface area contributed by atoms with E-state index in [2.05, 4.69) is 9.97 Å². The van der Waals surface area contributed by atoms with Crippen LogP contribution >= 0.6 is 11.8 Å². The maximum Gasteiger partial charge on any atom is 1.00 e. The van der Waals surface area contributed by atoms with Crippen molar-refractivity contribution >= 4 is 17.7 Å². The molecular weight excluding hydrogens is 291 g/mol. The van der Waals surface area contributed by atoms with Crippen molar-refractivity contribution in [3.63, 3.8) is 0 Å². The van der Waals surface area contributed by atoms with Crippen LogP contribution in [0, 0.1) is 0 Å². The van der Waals surface area contributed by atoms with E-state index < -0.39 is 17.1 Å². The molecule has 92 valence electrons. The van der Waals surface area contributed by atoms with Gasteiger partial charge >= 0.3 is 51.4 Å². The van der Waals surface area contributed by atoms with Gasteiger partial charge in [-0.1, -0.05) is 42.1 Å². The predicted molar refractivity (Wildman–Crippen MR) is 65.2 cm³/mol. The first-order valence-corrected chi connectivity index (χ1v) is 6.13. The summed E-state index contributed by atoms with van der Waals surface area (Å²) in [7, 11) is 0. The molecule has 0 aliphatic rings. The second-order valence-electron chi connectivity index (χ2n) is 3.49. The summed E-state index contributed by atoms with van der Waals surface area (Å²) in [6.07, 6.45) is 1.02. The first kappa shape index (κ1) is 16.6. The number of aromatic amines is 1. The van der Waals surface area contributed by atoms with Gasteiger partial charge in [0.05, 0.1) is 11.5 Å². The van der Waals surface area contributed by atoms with Crippen LogP contribution < -0.4 is 62.1 Å². The van der Waals surface area contributed by atoms with Crippen LogP contribution in [0.3, 0.4) is 0 Å². The van der Waals surface area contributed by atoms with Gasteiger partial charge in [0, 0.05) is 11.9 Å². The molecule has 1 heterocycles. The van der Waals surface area contributed by atoms with E-state index in [1.54, 1.807) is 0 Å². The van der Waals surface area contributed by atoms with Gasteiger partial charge < -0.3 is 14.9 Å². The molecule has 2 rings (SSSR count). The maximum atomic E-state index is 11.4. The number of carboxylic acids is 1. The van der Waals surface area contributed by atoms with E-state index in [0.717, 1.165) is 11.8 Å². The molecule has 0 saturated carbocycles. The fourth-order valence-electron chi connectivity index (χ4n) is 1.32. The fraction of sp³-hybridized carbons (Fsp3) is 0.0833. The molecule has 0 fully saturated rings. The molecule has 1 aromatic heterocycles. The summed E-state index contributed by atoms with van der Waals surface area (Å²) < 4.78 is 0. The molecule has 0 spiro atoms. The van der Waals surface area contributed by atoms with Crippen molar-refractivity contribution in [2.24, 2.45) is 0 Å². The first-order valence-electron chi connectivity index (χ1n) is 5.14. The number of carboxylic acid groups (broad SMARTS) is 1. The number of aromatic carboxylic acids is 1. The van der Waals surface area contributed by atoms with Crippen molar-refractivity contribution in [3.8, 4) is 0 Å². The second-order valence-corrected chi connectivity index (χ2v) is 4.46. The van der Waals surface area contributed by atoms with Crippen molar-refractivity contribution in [3.05, 3.63) is 58.0 Å². The molecule has 0 aliphatic heterocycles. The minimum Gasteiger partial charge on any atom is -0.545 e. The SMILES string of the molecule is O=C([O-])c1cnc(SCc2ccccc2)[nH]c1=O.[K+]. The van der Waals surface area contributed by atoms with Gasteiger partial charge in [-0.25, -0.2) is 4.98 Å². The van der Waals surface area contributed by atoms with E-state index in [1.807, 2.05) is 30.3 Å². The molecular formula is C12H9KN2O3S. The molecule has 0 amide bonds. The van der Waals surface area contributed by atoms with Crippen LogP contribution in [-0.4, -0.2) is 15.9 Å². The van der Waals surface area contributed by atoms with Gasteiger partial charge in [0.1, 0.15) is 0 Å². The summed E-state index contributed by atoms with van der Waals surface area (Å²) in [5, 5.41) is 10.9. The standard InChI is InChI=1S/C12H10N2O3S.K/c15-10-9(11(16)17)6-13-12(14-10)18-7-8-4-2-1-3-5-8;/h1-6H,7H2,(H,16,17)(H,13,14,15);/q;+1/p-1. The van der Waals surface area contributed by atoms with Crippen molar-refractivity contribution in [2.75, 3.05) is 0 Å². The smallest absolute Gasteiger partial charge is 0.545 e. The molecule has 0 radical (unpaired) electrons. The van der Waals surface area contributed by atoms with E-state index in [1.165, 1.54) is 11.8 Å². The first-order chi connectivity index (χ1) is 8.66. The van der Waals surface area contributed by atoms with Crippen LogP contribution in [-0.2, 0) is 5.75 Å². The van der Waals surface area contributed by atoms with E-state index in [-0.39, 0.29) is 51.4 Å². The van der Waals surface area contributed by atoms with E-state index in [9.17, 15) is 14.7 Å². The Hall–Kier alpha value is -0.444. The number of nitrogens with zero attached hydrogens (tertiary/aromatic N) is 1. The van der Waals surface area contributed by atoms with Crippen molar-refractivity contribution in [1.29, 1.82) is 0 Å². The summed E-state index contributed by atoms with van der Waals surface area (Å²) >= 11 is 1.33. The van der Waals surface area contributed by atoms with Crippen LogP contribution in [0.25, 0.3) is 0 Å². The number of hydrogen-bond acceptors (Lipinski definition) is 5. The number of nitrogens with one attached hydrogen (secondary N) is 1. The zero-order valence-corrected chi connectivity index (χ0v) is 14.2. The van der Waals surface area contributed by atoms with Crippen molar-refractivity contribution < 1.29 is 61.3 Å². The Morgan fingerprint density at radius 3 is 2.58 bits per heavy atom. The summed E-state index contributed by atoms with van der Waals surface area (Å²) in [5.74, 6) is -0.877. The average Bonchev–Trinajstić information content (AvgIpc) is 2.37. The largest absolute Gasteiger partial charge is 1.00 e. The number of rotatable bonds is 4. The molecule has 5 nitrogen and oxygen atoms in total. The Morgan fingerprint density at radius 1 is 1.32 bits per heavy atom. The zero-order valence-electron chi connectivity index (χ0n) is 10.3. The van der Waals surface area contributed by atoms with Gasteiger partial charge in [-0.05, 0) is 5.56 Å². The Kier molecular flexibility index (Phi) is 6.98. The summed E-state index contributed by atoms with van der Waals surface area (Å²) in [6.45, 7) is 0. The third kappa shape index (κ3) is 4.86. The molecule has 0 unspecified atom stereocenters. The fourth-order valence-corrected chi connectivity index (χ4v) is 2.11. The van der Waals surface area contributed by atoms with Crippen LogP contribution in [0.15, 0.2) is 46.5 Å². The molecule has 2 aromatic rings. The monoisotopic (exact) mass is 300 g/mol. The number of aromatic nitrogens is 2. The topological polar surface area (TPSA) is 85.9 Å². The number of thioether (sulfide) groups is 1. The molecule has 1 N–H and O–H groups in total. The van der Waals surface area contributed by atoms with Crippen molar-refractivity contribution in [2.45, 2.75) is 10.9 Å². The number of H-pyrrole nitrogens is 1. The normalized spacial score (nSPS) is 9.68. The molecule has 0 bridgehead atoms. The number of carbonyl (C=O) groups is 1. The van der Waals surface area contributed by atoms with E-state index in [0.29, 0.717) is 10.9 Å². The molecule has 19 heavy (non-hydrogen) atoms. The van der Waals surface area contributed by atoms with Crippen LogP contribution in [0.1, 0.15) is 15.9 Å². The van der Waals surface area contributed by atoms with Gasteiger partial charge in [-0.2, -0.15) is 0 Å². The quantitative estimate of drug-likeness (QED) is 0.381. The van der Waals surface area contributed by atoms with Gasteiger partial charge in [0.15, 0.2) is 5.16 Å². The molecule has 0 saturated heterocycles. The van der Waals surface area contributed by atoms with Crippen LogP contribution in [0.5, 0.6) is 0 Å². The Morgan fingerprint density at radius 2 is 2.00 bits per heavy atom. The van der Waals surface area contributed by atoms with Gasteiger partial charge in [-0.3, -0.25) is 4.79 Å². The maximum absolute atomic E-state index is 11.4. The van der Waals surface area contributed by atoms with Gasteiger partial charge in [0.25, 0.3) is 5.56 Å². The predicted octanol–water partition coefficient (Wildman–Crippen LogP) is -2.57. The molecule has 0 atom stereocenters. The van der Waals surface area contributed by atoms with Gasteiger partial charge in [-0.15, -0.1) is 0 Å². The van der Waals surface area contributed by atoms with Crippen LogP contribution in [0.2, 0.25) is 0 Å². The van der Waals surface area contributed by atoms with Crippen molar-refractivity contribution in [1.82, 2.24) is 9.97 Å². The second kappa shape index (κ2) is 7.98. The molecule has 0 aliphatic carbocycles. The zero-order chi connectivity index (χ0) is 13.0. The third-order valence-corrected chi connectivity index (χ3v) is 3.17. The Labute approximate surface area is 156 Å². The molecule has 7 heteroatoms. The molecule has 1 aromatic carbocycles. The number of hydrogen-bond donors (Lipinski definition) is 1. The summed E-state index contributed by atoms with van der Waals surface area (Å²) in [4.78, 5) is 28.2. The Balaban J connectivity index is 0.00000180. The Bertz CT molecular complexity index is 616. The van der Waals surface area contributed by atoms with E-state index in [4.69, 9.17) is 0 Å². The number of benzene rings is 1. The minimum atomic E-state index is -1.52. The third-order valence-electron chi connectivity index (χ3n) is 2.21. The van der Waals surface area contributed by atoms with E-state index >= 15 is 0 Å². The van der Waals surface area contributed by atoms with Gasteiger partial charge in [0.2, 0.25) is 0 Å². The average molecular weight is 300 g/mol. The number of carbonyl (C=O) groups excluding carboxylic acids is 1. The summed E-state index contributed by atoms with van der Waals surface area (Å²) in [5.41, 5.74) is -0.0613.